The van der Waals surface area contributed by atoms with Crippen LogP contribution in [0.25, 0.3) is 0 Å². The lowest BCUT2D eigenvalue weighted by Crippen LogP contribution is -2.39. The zero-order chi connectivity index (χ0) is 16.8. The number of hydrogen-bond acceptors (Lipinski definition) is 3. The topological polar surface area (TPSA) is 61.4 Å². The number of carbonyl (C=O) groups excluding carboxylic acids is 2. The van der Waals surface area contributed by atoms with Gasteiger partial charge in [0.2, 0.25) is 5.91 Å². The highest BCUT2D eigenvalue weighted by molar-refractivity contribution is 7.14. The number of allylic oxidation sites excluding steroid dienone is 2. The van der Waals surface area contributed by atoms with Crippen LogP contribution in [0.2, 0.25) is 0 Å². The van der Waals surface area contributed by atoms with Crippen LogP contribution in [-0.4, -0.2) is 29.9 Å². The summed E-state index contributed by atoms with van der Waals surface area (Å²) in [5, 5.41) is 8.32. The SMILES string of the molecule is O=C(NCCCC(=O)N1CCCC2CCCC=C21)Nc1cccs1. The molecule has 3 amide bonds. The summed E-state index contributed by atoms with van der Waals surface area (Å²) in [4.78, 5) is 26.2. The van der Waals surface area contributed by atoms with Crippen molar-refractivity contribution in [2.45, 2.75) is 44.9 Å². The molecule has 0 saturated carbocycles. The van der Waals surface area contributed by atoms with E-state index in [1.165, 1.54) is 36.3 Å². The number of likely N-dealkylation sites (tertiary alicyclic amines) is 1. The minimum Gasteiger partial charge on any atom is -0.338 e. The first-order valence-corrected chi connectivity index (χ1v) is 9.71. The Morgan fingerprint density at radius 3 is 3.00 bits per heavy atom. The Balaban J connectivity index is 1.39. The molecular formula is C18H25N3O2S. The highest BCUT2D eigenvalue weighted by atomic mass is 32.1. The molecule has 3 rings (SSSR count). The predicted molar refractivity (Wildman–Crippen MR) is 96.9 cm³/mol. The number of fused-ring (bicyclic) bond motifs is 1. The number of hydrogen-bond donors (Lipinski definition) is 2. The Morgan fingerprint density at radius 1 is 1.29 bits per heavy atom. The number of piperidine rings is 1. The second-order valence-electron chi connectivity index (χ2n) is 6.41. The molecule has 0 radical (unpaired) electrons. The first-order valence-electron chi connectivity index (χ1n) is 8.83. The van der Waals surface area contributed by atoms with Gasteiger partial charge in [0.15, 0.2) is 0 Å². The van der Waals surface area contributed by atoms with Crippen LogP contribution in [0.1, 0.15) is 44.9 Å². The fraction of sp³-hybridized carbons (Fsp3) is 0.556. The minimum atomic E-state index is -0.210. The molecule has 1 fully saturated rings. The first kappa shape index (κ1) is 17.0. The van der Waals surface area contributed by atoms with E-state index in [1.807, 2.05) is 22.4 Å². The molecule has 5 nitrogen and oxygen atoms in total. The van der Waals surface area contributed by atoms with Crippen LogP contribution in [0.5, 0.6) is 0 Å². The van der Waals surface area contributed by atoms with E-state index in [2.05, 4.69) is 16.7 Å². The van der Waals surface area contributed by atoms with Crippen LogP contribution in [0.4, 0.5) is 9.80 Å². The van der Waals surface area contributed by atoms with E-state index in [9.17, 15) is 9.59 Å². The lowest BCUT2D eigenvalue weighted by Gasteiger charge is -2.38. The van der Waals surface area contributed by atoms with Gasteiger partial charge in [0.05, 0.1) is 5.00 Å². The first-order chi connectivity index (χ1) is 11.7. The lowest BCUT2D eigenvalue weighted by atomic mass is 9.85. The van der Waals surface area contributed by atoms with Crippen molar-refractivity contribution in [2.75, 3.05) is 18.4 Å². The summed E-state index contributed by atoms with van der Waals surface area (Å²) in [7, 11) is 0. The Bertz CT molecular complexity index is 597. The van der Waals surface area contributed by atoms with E-state index in [1.54, 1.807) is 0 Å². The van der Waals surface area contributed by atoms with Crippen molar-refractivity contribution in [3.05, 3.63) is 29.3 Å². The van der Waals surface area contributed by atoms with Gasteiger partial charge in [-0.1, -0.05) is 6.08 Å². The van der Waals surface area contributed by atoms with Gasteiger partial charge in [-0.25, -0.2) is 4.79 Å². The van der Waals surface area contributed by atoms with Crippen LogP contribution in [0.15, 0.2) is 29.3 Å². The molecule has 1 aromatic heterocycles. The zero-order valence-corrected chi connectivity index (χ0v) is 14.7. The van der Waals surface area contributed by atoms with Gasteiger partial charge in [0, 0.05) is 25.2 Å². The third-order valence-corrected chi connectivity index (χ3v) is 5.47. The van der Waals surface area contributed by atoms with Crippen LogP contribution >= 0.6 is 11.3 Å². The number of carbonyl (C=O) groups is 2. The summed E-state index contributed by atoms with van der Waals surface area (Å²) in [6.45, 7) is 1.37. The van der Waals surface area contributed by atoms with E-state index in [-0.39, 0.29) is 11.9 Å². The molecule has 1 aliphatic carbocycles. The molecule has 0 aromatic carbocycles. The lowest BCUT2D eigenvalue weighted by molar-refractivity contribution is -0.130. The summed E-state index contributed by atoms with van der Waals surface area (Å²) >= 11 is 1.49. The fourth-order valence-corrected chi connectivity index (χ4v) is 4.14. The van der Waals surface area contributed by atoms with Gasteiger partial charge >= 0.3 is 6.03 Å². The Kier molecular flexibility index (Phi) is 5.91. The monoisotopic (exact) mass is 347 g/mol. The molecule has 1 aliphatic heterocycles. The van der Waals surface area contributed by atoms with Gasteiger partial charge in [-0.3, -0.25) is 10.1 Å². The second kappa shape index (κ2) is 8.33. The normalized spacial score (nSPS) is 20.1. The van der Waals surface area contributed by atoms with Crippen molar-refractivity contribution in [1.29, 1.82) is 0 Å². The summed E-state index contributed by atoms with van der Waals surface area (Å²) < 4.78 is 0. The van der Waals surface area contributed by atoms with Crippen LogP contribution in [0, 0.1) is 5.92 Å². The van der Waals surface area contributed by atoms with Gasteiger partial charge in [0.1, 0.15) is 0 Å². The predicted octanol–water partition coefficient (Wildman–Crippen LogP) is 3.96. The number of urea groups is 1. The van der Waals surface area contributed by atoms with Gasteiger partial charge in [-0.15, -0.1) is 11.3 Å². The maximum Gasteiger partial charge on any atom is 0.319 e. The number of nitrogens with one attached hydrogen (secondary N) is 2. The van der Waals surface area contributed by atoms with E-state index < -0.39 is 0 Å². The molecule has 1 atom stereocenters. The molecule has 6 heteroatoms. The molecule has 0 spiro atoms. The highest BCUT2D eigenvalue weighted by Gasteiger charge is 2.29. The minimum absolute atomic E-state index is 0.202. The van der Waals surface area contributed by atoms with Crippen molar-refractivity contribution in [3.63, 3.8) is 0 Å². The quantitative estimate of drug-likeness (QED) is 0.792. The van der Waals surface area contributed by atoms with Crippen molar-refractivity contribution in [3.8, 4) is 0 Å². The Labute approximate surface area is 147 Å². The van der Waals surface area contributed by atoms with Crippen LogP contribution in [-0.2, 0) is 4.79 Å². The molecule has 2 aliphatic rings. The van der Waals surface area contributed by atoms with Gasteiger partial charge in [-0.2, -0.15) is 0 Å². The molecule has 1 unspecified atom stereocenters. The molecule has 0 bridgehead atoms. The average molecular weight is 347 g/mol. The van der Waals surface area contributed by atoms with E-state index in [4.69, 9.17) is 0 Å². The van der Waals surface area contributed by atoms with E-state index in [0.717, 1.165) is 24.4 Å². The second-order valence-corrected chi connectivity index (χ2v) is 7.35. The fourth-order valence-electron chi connectivity index (χ4n) is 3.53. The molecule has 130 valence electrons. The molecule has 2 N–H and O–H groups in total. The number of rotatable bonds is 5. The van der Waals surface area contributed by atoms with Gasteiger partial charge < -0.3 is 10.2 Å². The van der Waals surface area contributed by atoms with Crippen molar-refractivity contribution < 1.29 is 9.59 Å². The molecular weight excluding hydrogens is 322 g/mol. The zero-order valence-electron chi connectivity index (χ0n) is 13.9. The summed E-state index contributed by atoms with van der Waals surface area (Å²) in [6, 6.07) is 3.54. The number of nitrogens with zero attached hydrogens (tertiary/aromatic N) is 1. The summed E-state index contributed by atoms with van der Waals surface area (Å²) in [5.74, 6) is 0.791. The van der Waals surface area contributed by atoms with Gasteiger partial charge in [0.25, 0.3) is 0 Å². The molecule has 1 saturated heterocycles. The van der Waals surface area contributed by atoms with Crippen molar-refractivity contribution >= 4 is 28.3 Å². The molecule has 24 heavy (non-hydrogen) atoms. The smallest absolute Gasteiger partial charge is 0.319 e. The van der Waals surface area contributed by atoms with E-state index >= 15 is 0 Å². The third kappa shape index (κ3) is 4.38. The van der Waals surface area contributed by atoms with Crippen molar-refractivity contribution in [2.24, 2.45) is 5.92 Å². The number of anilines is 1. The largest absolute Gasteiger partial charge is 0.338 e. The molecule has 1 aromatic rings. The van der Waals surface area contributed by atoms with Crippen LogP contribution in [0.3, 0.4) is 0 Å². The molecule has 2 heterocycles. The van der Waals surface area contributed by atoms with Gasteiger partial charge in [-0.05, 0) is 62.0 Å². The van der Waals surface area contributed by atoms with E-state index in [0.29, 0.717) is 25.3 Å². The summed E-state index contributed by atoms with van der Waals surface area (Å²) in [6.07, 6.45) is 9.32. The standard InChI is InChI=1S/C18H25N3O2S/c22-17(21-12-4-7-14-6-1-2-8-15(14)21)10-3-11-19-18(23)20-16-9-5-13-24-16/h5,8-9,13-14H,1-4,6-7,10-12H2,(H2,19,20,23). The maximum atomic E-state index is 12.5. The number of amides is 3. The number of thiophene rings is 1. The maximum absolute atomic E-state index is 12.5. The third-order valence-electron chi connectivity index (χ3n) is 4.69. The Hall–Kier alpha value is -1.82. The van der Waals surface area contributed by atoms with Crippen LogP contribution < -0.4 is 10.6 Å². The Morgan fingerprint density at radius 2 is 2.17 bits per heavy atom. The van der Waals surface area contributed by atoms with Crippen molar-refractivity contribution in [1.82, 2.24) is 10.2 Å². The summed E-state index contributed by atoms with van der Waals surface area (Å²) in [5.41, 5.74) is 1.26. The highest BCUT2D eigenvalue weighted by Crippen LogP contribution is 2.35. The average Bonchev–Trinajstić information content (AvgIpc) is 3.11.